The molecule has 0 bridgehead atoms. The first-order valence-electron chi connectivity index (χ1n) is 6.14. The van der Waals surface area contributed by atoms with Crippen LogP contribution >= 0.6 is 0 Å². The molecule has 0 atom stereocenters. The van der Waals surface area contributed by atoms with Crippen LogP contribution in [0.4, 0.5) is 5.69 Å². The van der Waals surface area contributed by atoms with Gasteiger partial charge in [0.05, 0.1) is 6.54 Å². The van der Waals surface area contributed by atoms with E-state index in [2.05, 4.69) is 43.0 Å². The Hall–Kier alpha value is -1.51. The SMILES string of the molecule is CCC(=O)OCCN(CC)c1ccc(C)cc1. The molecule has 0 aromatic heterocycles. The Morgan fingerprint density at radius 2 is 1.88 bits per heavy atom. The van der Waals surface area contributed by atoms with Gasteiger partial charge in [-0.05, 0) is 26.0 Å². The monoisotopic (exact) mass is 235 g/mol. The quantitative estimate of drug-likeness (QED) is 0.710. The summed E-state index contributed by atoms with van der Waals surface area (Å²) in [5.41, 5.74) is 2.42. The lowest BCUT2D eigenvalue weighted by Gasteiger charge is -2.23. The van der Waals surface area contributed by atoms with Crippen LogP contribution in [0.1, 0.15) is 25.8 Å². The number of carbonyl (C=O) groups excluding carboxylic acids is 1. The van der Waals surface area contributed by atoms with Crippen molar-refractivity contribution >= 4 is 11.7 Å². The van der Waals surface area contributed by atoms with Crippen molar-refractivity contribution in [2.45, 2.75) is 27.2 Å². The van der Waals surface area contributed by atoms with Gasteiger partial charge >= 0.3 is 5.97 Å². The third-order valence-corrected chi connectivity index (χ3v) is 2.69. The molecule has 0 heterocycles. The van der Waals surface area contributed by atoms with Crippen molar-refractivity contribution in [2.75, 3.05) is 24.6 Å². The Morgan fingerprint density at radius 3 is 2.41 bits per heavy atom. The summed E-state index contributed by atoms with van der Waals surface area (Å²) in [6.45, 7) is 8.08. The van der Waals surface area contributed by atoms with Crippen LogP contribution in [0.25, 0.3) is 0 Å². The fourth-order valence-electron chi connectivity index (χ4n) is 1.60. The highest BCUT2D eigenvalue weighted by molar-refractivity contribution is 5.68. The number of nitrogens with zero attached hydrogens (tertiary/aromatic N) is 1. The van der Waals surface area contributed by atoms with E-state index in [-0.39, 0.29) is 5.97 Å². The molecule has 0 aliphatic heterocycles. The van der Waals surface area contributed by atoms with E-state index in [1.807, 2.05) is 0 Å². The van der Waals surface area contributed by atoms with Crippen LogP contribution in [-0.2, 0) is 9.53 Å². The molecular weight excluding hydrogens is 214 g/mol. The smallest absolute Gasteiger partial charge is 0.305 e. The Bertz CT molecular complexity index is 346. The maximum Gasteiger partial charge on any atom is 0.305 e. The van der Waals surface area contributed by atoms with Crippen LogP contribution in [0.15, 0.2) is 24.3 Å². The van der Waals surface area contributed by atoms with Gasteiger partial charge in [0.1, 0.15) is 6.61 Å². The van der Waals surface area contributed by atoms with Gasteiger partial charge in [-0.3, -0.25) is 4.79 Å². The third kappa shape index (κ3) is 4.47. The first-order valence-corrected chi connectivity index (χ1v) is 6.14. The van der Waals surface area contributed by atoms with Crippen LogP contribution in [0.3, 0.4) is 0 Å². The molecule has 0 spiro atoms. The normalized spacial score (nSPS) is 10.1. The molecule has 1 aromatic rings. The molecule has 0 aliphatic rings. The summed E-state index contributed by atoms with van der Waals surface area (Å²) in [6.07, 6.45) is 0.441. The van der Waals surface area contributed by atoms with Crippen LogP contribution in [0.2, 0.25) is 0 Å². The van der Waals surface area contributed by atoms with Crippen molar-refractivity contribution < 1.29 is 9.53 Å². The van der Waals surface area contributed by atoms with Gasteiger partial charge in [0.2, 0.25) is 0 Å². The van der Waals surface area contributed by atoms with Gasteiger partial charge in [-0.1, -0.05) is 24.6 Å². The van der Waals surface area contributed by atoms with E-state index in [9.17, 15) is 4.79 Å². The molecule has 1 aromatic carbocycles. The highest BCUT2D eigenvalue weighted by atomic mass is 16.5. The van der Waals surface area contributed by atoms with E-state index in [4.69, 9.17) is 4.74 Å². The zero-order valence-electron chi connectivity index (χ0n) is 10.9. The minimum absolute atomic E-state index is 0.134. The number of rotatable bonds is 6. The number of anilines is 1. The van der Waals surface area contributed by atoms with Gasteiger partial charge < -0.3 is 9.64 Å². The fourth-order valence-corrected chi connectivity index (χ4v) is 1.60. The van der Waals surface area contributed by atoms with Crippen molar-refractivity contribution in [1.29, 1.82) is 0 Å². The summed E-state index contributed by atoms with van der Waals surface area (Å²) in [5, 5.41) is 0. The molecule has 3 nitrogen and oxygen atoms in total. The van der Waals surface area contributed by atoms with Gasteiger partial charge in [0, 0.05) is 18.7 Å². The van der Waals surface area contributed by atoms with E-state index in [1.54, 1.807) is 6.92 Å². The Morgan fingerprint density at radius 1 is 1.24 bits per heavy atom. The summed E-state index contributed by atoms with van der Waals surface area (Å²) in [6, 6.07) is 8.38. The van der Waals surface area contributed by atoms with Crippen molar-refractivity contribution in [3.8, 4) is 0 Å². The zero-order valence-corrected chi connectivity index (χ0v) is 10.9. The highest BCUT2D eigenvalue weighted by Crippen LogP contribution is 2.14. The molecule has 94 valence electrons. The molecule has 1 rings (SSSR count). The average molecular weight is 235 g/mol. The second kappa shape index (κ2) is 6.94. The number of benzene rings is 1. The minimum atomic E-state index is -0.134. The Balaban J connectivity index is 2.48. The molecule has 0 amide bonds. The molecule has 0 fully saturated rings. The largest absolute Gasteiger partial charge is 0.464 e. The van der Waals surface area contributed by atoms with Crippen molar-refractivity contribution in [2.24, 2.45) is 0 Å². The molecular formula is C14H21NO2. The minimum Gasteiger partial charge on any atom is -0.464 e. The summed E-state index contributed by atoms with van der Waals surface area (Å²) in [4.78, 5) is 13.2. The average Bonchev–Trinajstić information content (AvgIpc) is 2.35. The van der Waals surface area contributed by atoms with E-state index in [0.29, 0.717) is 13.0 Å². The van der Waals surface area contributed by atoms with Crippen molar-refractivity contribution in [3.05, 3.63) is 29.8 Å². The molecule has 17 heavy (non-hydrogen) atoms. The van der Waals surface area contributed by atoms with Crippen LogP contribution < -0.4 is 4.90 Å². The van der Waals surface area contributed by atoms with Gasteiger partial charge in [-0.2, -0.15) is 0 Å². The fraction of sp³-hybridized carbons (Fsp3) is 0.500. The molecule has 0 saturated carbocycles. The number of carbonyl (C=O) groups is 1. The third-order valence-electron chi connectivity index (χ3n) is 2.69. The molecule has 0 unspecified atom stereocenters. The van der Waals surface area contributed by atoms with Gasteiger partial charge in [0.25, 0.3) is 0 Å². The first kappa shape index (κ1) is 13.6. The van der Waals surface area contributed by atoms with Gasteiger partial charge in [-0.15, -0.1) is 0 Å². The second-order valence-electron chi connectivity index (χ2n) is 3.99. The lowest BCUT2D eigenvalue weighted by Crippen LogP contribution is -2.27. The first-order chi connectivity index (χ1) is 8.17. The van der Waals surface area contributed by atoms with Gasteiger partial charge in [0.15, 0.2) is 0 Å². The van der Waals surface area contributed by atoms with E-state index < -0.39 is 0 Å². The number of hydrogen-bond acceptors (Lipinski definition) is 3. The lowest BCUT2D eigenvalue weighted by atomic mass is 10.2. The number of aryl methyl sites for hydroxylation is 1. The molecule has 3 heteroatoms. The Kier molecular flexibility index (Phi) is 5.53. The predicted octanol–water partition coefficient (Wildman–Crippen LogP) is 2.77. The maximum atomic E-state index is 11.0. The molecule has 0 N–H and O–H groups in total. The number of esters is 1. The zero-order chi connectivity index (χ0) is 12.7. The molecule has 0 saturated heterocycles. The van der Waals surface area contributed by atoms with E-state index in [1.165, 1.54) is 11.3 Å². The number of ether oxygens (including phenoxy) is 1. The van der Waals surface area contributed by atoms with Crippen LogP contribution in [-0.4, -0.2) is 25.7 Å². The van der Waals surface area contributed by atoms with Crippen LogP contribution in [0.5, 0.6) is 0 Å². The van der Waals surface area contributed by atoms with E-state index in [0.717, 1.165) is 13.1 Å². The lowest BCUT2D eigenvalue weighted by molar-refractivity contribution is -0.142. The van der Waals surface area contributed by atoms with Crippen LogP contribution in [0, 0.1) is 6.92 Å². The summed E-state index contributed by atoms with van der Waals surface area (Å²) in [5.74, 6) is -0.134. The summed E-state index contributed by atoms with van der Waals surface area (Å²) >= 11 is 0. The van der Waals surface area contributed by atoms with Crippen molar-refractivity contribution in [1.82, 2.24) is 0 Å². The second-order valence-corrected chi connectivity index (χ2v) is 3.99. The maximum absolute atomic E-state index is 11.0. The summed E-state index contributed by atoms with van der Waals surface area (Å²) < 4.78 is 5.09. The molecule has 0 radical (unpaired) electrons. The Labute approximate surface area is 103 Å². The van der Waals surface area contributed by atoms with Gasteiger partial charge in [-0.25, -0.2) is 0 Å². The predicted molar refractivity (Wildman–Crippen MR) is 70.3 cm³/mol. The number of likely N-dealkylation sites (N-methyl/N-ethyl adjacent to an activating group) is 1. The van der Waals surface area contributed by atoms with E-state index >= 15 is 0 Å². The molecule has 0 aliphatic carbocycles. The highest BCUT2D eigenvalue weighted by Gasteiger charge is 2.05. The van der Waals surface area contributed by atoms with Crippen molar-refractivity contribution in [3.63, 3.8) is 0 Å². The standard InChI is InChI=1S/C14H21NO2/c1-4-14(16)17-11-10-15(5-2)13-8-6-12(3)7-9-13/h6-9H,4-5,10-11H2,1-3H3. The number of hydrogen-bond donors (Lipinski definition) is 0. The summed E-state index contributed by atoms with van der Waals surface area (Å²) in [7, 11) is 0. The topological polar surface area (TPSA) is 29.5 Å².